The van der Waals surface area contributed by atoms with Crippen molar-refractivity contribution in [2.24, 2.45) is 0 Å². The highest BCUT2D eigenvalue weighted by molar-refractivity contribution is 5.71. The van der Waals surface area contributed by atoms with Gasteiger partial charge in [0, 0.05) is 19.3 Å². The summed E-state index contributed by atoms with van der Waals surface area (Å²) in [6.07, 6.45) is 57.9. The third-order valence-electron chi connectivity index (χ3n) is 8.62. The maximum atomic E-state index is 12.7. The summed E-state index contributed by atoms with van der Waals surface area (Å²) in [5, 5.41) is 0. The van der Waals surface area contributed by atoms with Gasteiger partial charge in [0.1, 0.15) is 13.2 Å². The van der Waals surface area contributed by atoms with Gasteiger partial charge in [-0.1, -0.05) is 169 Å². The summed E-state index contributed by atoms with van der Waals surface area (Å²) in [4.78, 5) is 37.7. The molecule has 56 heavy (non-hydrogen) atoms. The second kappa shape index (κ2) is 43.8. The topological polar surface area (TPSA) is 78.9 Å². The van der Waals surface area contributed by atoms with Crippen molar-refractivity contribution in [1.29, 1.82) is 0 Å². The highest BCUT2D eigenvalue weighted by Gasteiger charge is 2.19. The minimum Gasteiger partial charge on any atom is -0.462 e. The molecule has 0 fully saturated rings. The van der Waals surface area contributed by atoms with Crippen LogP contribution in [0.5, 0.6) is 0 Å². The van der Waals surface area contributed by atoms with Crippen LogP contribution in [-0.2, 0) is 28.6 Å². The molecule has 0 bridgehead atoms. The van der Waals surface area contributed by atoms with E-state index in [1.807, 2.05) is 48.6 Å². The minimum atomic E-state index is -0.818. The molecule has 0 aromatic carbocycles. The van der Waals surface area contributed by atoms with Crippen molar-refractivity contribution in [1.82, 2.24) is 0 Å². The van der Waals surface area contributed by atoms with Gasteiger partial charge in [-0.15, -0.1) is 0 Å². The van der Waals surface area contributed by atoms with Gasteiger partial charge in [-0.2, -0.15) is 0 Å². The quantitative estimate of drug-likeness (QED) is 0.0206. The molecular weight excluding hydrogens is 697 g/mol. The molecule has 0 rings (SSSR count). The average molecular weight is 775 g/mol. The summed E-state index contributed by atoms with van der Waals surface area (Å²) in [6, 6.07) is 0. The van der Waals surface area contributed by atoms with Crippen LogP contribution in [0.4, 0.5) is 0 Å². The molecule has 6 nitrogen and oxygen atoms in total. The average Bonchev–Trinajstić information content (AvgIpc) is 3.19. The number of ether oxygens (including phenoxy) is 3. The summed E-state index contributed by atoms with van der Waals surface area (Å²) in [5.74, 6) is -1.02. The number of allylic oxidation sites excluding steroid dienone is 18. The van der Waals surface area contributed by atoms with Crippen LogP contribution in [0, 0.1) is 0 Å². The Bertz CT molecular complexity index is 1210. The zero-order valence-electron chi connectivity index (χ0n) is 35.6. The number of unbranched alkanes of at least 4 members (excludes halogenated alkanes) is 12. The summed E-state index contributed by atoms with van der Waals surface area (Å²) in [6.45, 7) is 6.22. The first-order valence-corrected chi connectivity index (χ1v) is 22.0. The molecule has 0 aromatic heterocycles. The van der Waals surface area contributed by atoms with E-state index in [-0.39, 0.29) is 37.5 Å². The van der Waals surface area contributed by atoms with Gasteiger partial charge in [0.2, 0.25) is 0 Å². The molecule has 6 heteroatoms. The van der Waals surface area contributed by atoms with Crippen molar-refractivity contribution in [2.45, 2.75) is 175 Å². The van der Waals surface area contributed by atoms with Gasteiger partial charge >= 0.3 is 17.9 Å². The SMILES string of the molecule is CC\C=C/C=C\C=C/C=C\C=C/CCCCCC(=O)OCC(COC(=O)CCCCCCC/C=C\CCCC)OC(=O)CCCC/C=C\C/C=C\C/C=C\CC. The summed E-state index contributed by atoms with van der Waals surface area (Å²) in [5.41, 5.74) is 0. The number of carbonyl (C=O) groups is 3. The standard InChI is InChI=1S/C50H78O6/c1-4-7-10-13-16-19-22-24-25-26-29-31-34-37-40-43-49(52)55-46-47(45-54-48(51)42-39-36-33-30-27-21-18-15-12-9-6-3)56-50(53)44-41-38-35-32-28-23-20-17-14-11-8-5-2/h7-8,10-11,13,15-20,22,24-26,28-29,32,47H,4-6,9,12,14,21,23,27,30-31,33-46H2,1-3H3/b10-7-,11-8-,16-13-,18-15-,20-17-,22-19-,25-24-,29-26-,32-28-. The smallest absolute Gasteiger partial charge is 0.306 e. The second-order valence-corrected chi connectivity index (χ2v) is 14.0. The number of carbonyl (C=O) groups excluding carboxylic acids is 3. The van der Waals surface area contributed by atoms with Gasteiger partial charge in [-0.05, 0) is 89.9 Å². The van der Waals surface area contributed by atoms with E-state index in [4.69, 9.17) is 14.2 Å². The van der Waals surface area contributed by atoms with Crippen LogP contribution in [0.25, 0.3) is 0 Å². The number of hydrogen-bond donors (Lipinski definition) is 0. The lowest BCUT2D eigenvalue weighted by Crippen LogP contribution is -2.30. The molecule has 0 amide bonds. The van der Waals surface area contributed by atoms with Crippen molar-refractivity contribution in [3.05, 3.63) is 109 Å². The Morgan fingerprint density at radius 2 is 0.786 bits per heavy atom. The molecule has 0 aliphatic rings. The van der Waals surface area contributed by atoms with Crippen LogP contribution < -0.4 is 0 Å². The molecule has 0 radical (unpaired) electrons. The van der Waals surface area contributed by atoms with Crippen molar-refractivity contribution in [3.8, 4) is 0 Å². The lowest BCUT2D eigenvalue weighted by molar-refractivity contribution is -0.167. The van der Waals surface area contributed by atoms with Crippen LogP contribution in [0.2, 0.25) is 0 Å². The van der Waals surface area contributed by atoms with E-state index in [1.54, 1.807) is 0 Å². The van der Waals surface area contributed by atoms with Crippen molar-refractivity contribution < 1.29 is 28.6 Å². The number of hydrogen-bond acceptors (Lipinski definition) is 6. The normalized spacial score (nSPS) is 13.1. The maximum Gasteiger partial charge on any atom is 0.306 e. The Balaban J connectivity index is 4.56. The lowest BCUT2D eigenvalue weighted by atomic mass is 10.1. The van der Waals surface area contributed by atoms with E-state index in [9.17, 15) is 14.4 Å². The van der Waals surface area contributed by atoms with Gasteiger partial charge < -0.3 is 14.2 Å². The van der Waals surface area contributed by atoms with Gasteiger partial charge in [-0.25, -0.2) is 0 Å². The number of esters is 3. The molecule has 1 unspecified atom stereocenters. The first kappa shape index (κ1) is 52.1. The lowest BCUT2D eigenvalue weighted by Gasteiger charge is -2.18. The molecular formula is C50H78O6. The fourth-order valence-corrected chi connectivity index (χ4v) is 5.34. The van der Waals surface area contributed by atoms with Crippen LogP contribution in [-0.4, -0.2) is 37.2 Å². The molecule has 0 saturated heterocycles. The third-order valence-corrected chi connectivity index (χ3v) is 8.62. The zero-order chi connectivity index (χ0) is 40.8. The predicted octanol–water partition coefficient (Wildman–Crippen LogP) is 14.0. The minimum absolute atomic E-state index is 0.115. The van der Waals surface area contributed by atoms with Crippen molar-refractivity contribution in [2.75, 3.05) is 13.2 Å². The van der Waals surface area contributed by atoms with Crippen LogP contribution in [0.1, 0.15) is 168 Å². The molecule has 0 aromatic rings. The highest BCUT2D eigenvalue weighted by atomic mass is 16.6. The highest BCUT2D eigenvalue weighted by Crippen LogP contribution is 2.11. The Kier molecular flexibility index (Phi) is 40.7. The largest absolute Gasteiger partial charge is 0.462 e. The molecule has 0 aliphatic carbocycles. The third kappa shape index (κ3) is 41.2. The van der Waals surface area contributed by atoms with Crippen LogP contribution in [0.3, 0.4) is 0 Å². The van der Waals surface area contributed by atoms with Crippen LogP contribution >= 0.6 is 0 Å². The summed E-state index contributed by atoms with van der Waals surface area (Å²) >= 11 is 0. The molecule has 0 N–H and O–H groups in total. The zero-order valence-corrected chi connectivity index (χ0v) is 35.6. The van der Waals surface area contributed by atoms with Gasteiger partial charge in [0.15, 0.2) is 6.10 Å². The second-order valence-electron chi connectivity index (χ2n) is 14.0. The Morgan fingerprint density at radius 3 is 1.38 bits per heavy atom. The van der Waals surface area contributed by atoms with E-state index in [0.29, 0.717) is 19.3 Å². The fourth-order valence-electron chi connectivity index (χ4n) is 5.34. The Morgan fingerprint density at radius 1 is 0.393 bits per heavy atom. The molecule has 0 aliphatic heterocycles. The van der Waals surface area contributed by atoms with Gasteiger partial charge in [0.25, 0.3) is 0 Å². The number of rotatable bonds is 37. The summed E-state index contributed by atoms with van der Waals surface area (Å²) in [7, 11) is 0. The maximum absolute atomic E-state index is 12.7. The summed E-state index contributed by atoms with van der Waals surface area (Å²) < 4.78 is 16.6. The van der Waals surface area contributed by atoms with E-state index in [0.717, 1.165) is 96.3 Å². The Labute approximate surface area is 342 Å². The molecule has 1 atom stereocenters. The molecule has 0 saturated carbocycles. The molecule has 314 valence electrons. The van der Waals surface area contributed by atoms with E-state index < -0.39 is 6.10 Å². The van der Waals surface area contributed by atoms with E-state index in [2.05, 4.69) is 81.5 Å². The predicted molar refractivity (Wildman–Crippen MR) is 237 cm³/mol. The van der Waals surface area contributed by atoms with Crippen LogP contribution in [0.15, 0.2) is 109 Å². The molecule has 0 heterocycles. The van der Waals surface area contributed by atoms with Gasteiger partial charge in [0.05, 0.1) is 0 Å². The fraction of sp³-hybridized carbons (Fsp3) is 0.580. The first-order valence-electron chi connectivity index (χ1n) is 22.0. The van der Waals surface area contributed by atoms with Gasteiger partial charge in [-0.3, -0.25) is 14.4 Å². The monoisotopic (exact) mass is 775 g/mol. The van der Waals surface area contributed by atoms with Crippen molar-refractivity contribution >= 4 is 17.9 Å². The Hall–Kier alpha value is -3.93. The first-order chi connectivity index (χ1) is 27.5. The van der Waals surface area contributed by atoms with Crippen molar-refractivity contribution in [3.63, 3.8) is 0 Å². The molecule has 0 spiro atoms. The van der Waals surface area contributed by atoms with E-state index >= 15 is 0 Å². The van der Waals surface area contributed by atoms with E-state index in [1.165, 1.54) is 25.7 Å².